The molecule has 2 N–H and O–H groups in total. The number of hydrogen-bond donors (Lipinski definition) is 1. The van der Waals surface area contributed by atoms with Gasteiger partial charge in [-0.25, -0.2) is 0 Å². The number of rotatable bonds is 2. The minimum atomic E-state index is 0.0914. The molecular formula is C8H13NO. The van der Waals surface area contributed by atoms with E-state index >= 15 is 0 Å². The van der Waals surface area contributed by atoms with E-state index in [4.69, 9.17) is 10.2 Å². The van der Waals surface area contributed by atoms with Crippen LogP contribution in [0.3, 0.4) is 0 Å². The number of hydrogen-bond acceptors (Lipinski definition) is 2. The summed E-state index contributed by atoms with van der Waals surface area (Å²) in [6.45, 7) is 4.02. The summed E-state index contributed by atoms with van der Waals surface area (Å²) < 4.78 is 5.20. The van der Waals surface area contributed by atoms with E-state index < -0.39 is 0 Å². The minimum Gasteiger partial charge on any atom is -0.469 e. The molecule has 0 amide bonds. The van der Waals surface area contributed by atoms with Crippen LogP contribution in [0.15, 0.2) is 16.7 Å². The van der Waals surface area contributed by atoms with Gasteiger partial charge in [0.05, 0.1) is 6.26 Å². The van der Waals surface area contributed by atoms with Crippen LogP contribution in [0.4, 0.5) is 0 Å². The van der Waals surface area contributed by atoms with Gasteiger partial charge in [0, 0.05) is 18.0 Å². The normalized spacial score (nSPS) is 13.5. The van der Waals surface area contributed by atoms with Gasteiger partial charge in [0.15, 0.2) is 0 Å². The molecule has 0 aliphatic rings. The maximum absolute atomic E-state index is 5.67. The molecule has 0 spiro atoms. The summed E-state index contributed by atoms with van der Waals surface area (Å²) in [7, 11) is 0. The zero-order valence-electron chi connectivity index (χ0n) is 6.42. The van der Waals surface area contributed by atoms with Crippen LogP contribution in [0.25, 0.3) is 0 Å². The van der Waals surface area contributed by atoms with Crippen LogP contribution in [0.2, 0.25) is 0 Å². The van der Waals surface area contributed by atoms with Crippen molar-refractivity contribution in [3.8, 4) is 0 Å². The van der Waals surface area contributed by atoms with E-state index in [1.54, 1.807) is 6.26 Å². The molecule has 1 unspecified atom stereocenters. The third-order valence-electron chi connectivity index (χ3n) is 1.59. The van der Waals surface area contributed by atoms with Crippen LogP contribution in [0.1, 0.15) is 31.2 Å². The fourth-order valence-electron chi connectivity index (χ4n) is 1.04. The van der Waals surface area contributed by atoms with Crippen LogP contribution in [0, 0.1) is 0 Å². The molecule has 1 atom stereocenters. The van der Waals surface area contributed by atoms with E-state index in [0.29, 0.717) is 0 Å². The Kier molecular flexibility index (Phi) is 2.12. The lowest BCUT2D eigenvalue weighted by atomic mass is 10.1. The topological polar surface area (TPSA) is 39.2 Å². The van der Waals surface area contributed by atoms with Crippen molar-refractivity contribution in [3.05, 3.63) is 23.7 Å². The lowest BCUT2D eigenvalue weighted by Gasteiger charge is -2.02. The fourth-order valence-corrected chi connectivity index (χ4v) is 1.04. The standard InChI is InChI=1S/C8H13NO/c1-3-8-7(6(2)9)4-5-10-8/h4-6H,3,9H2,1-2H3. The molecule has 0 aromatic carbocycles. The summed E-state index contributed by atoms with van der Waals surface area (Å²) >= 11 is 0. The molecule has 1 aromatic rings. The van der Waals surface area contributed by atoms with Crippen molar-refractivity contribution >= 4 is 0 Å². The Morgan fingerprint density at radius 2 is 2.40 bits per heavy atom. The fraction of sp³-hybridized carbons (Fsp3) is 0.500. The van der Waals surface area contributed by atoms with Gasteiger partial charge in [0.25, 0.3) is 0 Å². The highest BCUT2D eigenvalue weighted by molar-refractivity contribution is 5.19. The smallest absolute Gasteiger partial charge is 0.108 e. The maximum atomic E-state index is 5.67. The highest BCUT2D eigenvalue weighted by atomic mass is 16.3. The largest absolute Gasteiger partial charge is 0.469 e. The quantitative estimate of drug-likeness (QED) is 0.679. The van der Waals surface area contributed by atoms with Gasteiger partial charge in [0.1, 0.15) is 5.76 Å². The predicted octanol–water partition coefficient (Wildman–Crippen LogP) is 1.86. The van der Waals surface area contributed by atoms with Gasteiger partial charge < -0.3 is 10.2 Å². The van der Waals surface area contributed by atoms with Gasteiger partial charge in [-0.15, -0.1) is 0 Å². The van der Waals surface area contributed by atoms with Gasteiger partial charge >= 0.3 is 0 Å². The molecule has 1 heterocycles. The Labute approximate surface area is 61.0 Å². The molecule has 0 fully saturated rings. The summed E-state index contributed by atoms with van der Waals surface area (Å²) in [6, 6.07) is 2.03. The van der Waals surface area contributed by atoms with Crippen LogP contribution in [-0.4, -0.2) is 0 Å². The average molecular weight is 139 g/mol. The molecule has 10 heavy (non-hydrogen) atoms. The first kappa shape index (κ1) is 7.35. The third kappa shape index (κ3) is 1.21. The van der Waals surface area contributed by atoms with Crippen LogP contribution in [-0.2, 0) is 6.42 Å². The second-order valence-corrected chi connectivity index (χ2v) is 2.44. The molecule has 2 heteroatoms. The second-order valence-electron chi connectivity index (χ2n) is 2.44. The highest BCUT2D eigenvalue weighted by Crippen LogP contribution is 2.16. The zero-order chi connectivity index (χ0) is 7.56. The second kappa shape index (κ2) is 2.88. The first-order valence-electron chi connectivity index (χ1n) is 3.57. The van der Waals surface area contributed by atoms with Gasteiger partial charge in [0.2, 0.25) is 0 Å². The first-order valence-corrected chi connectivity index (χ1v) is 3.57. The number of aryl methyl sites for hydroxylation is 1. The van der Waals surface area contributed by atoms with E-state index in [0.717, 1.165) is 17.7 Å². The lowest BCUT2D eigenvalue weighted by molar-refractivity contribution is 0.508. The van der Waals surface area contributed by atoms with Crippen molar-refractivity contribution in [2.75, 3.05) is 0 Å². The maximum Gasteiger partial charge on any atom is 0.108 e. The van der Waals surface area contributed by atoms with Crippen molar-refractivity contribution in [3.63, 3.8) is 0 Å². The first-order chi connectivity index (χ1) is 4.75. The zero-order valence-corrected chi connectivity index (χ0v) is 6.42. The summed E-state index contributed by atoms with van der Waals surface area (Å²) in [5, 5.41) is 0. The van der Waals surface area contributed by atoms with E-state index in [2.05, 4.69) is 6.92 Å². The number of nitrogens with two attached hydrogens (primary N) is 1. The molecule has 0 radical (unpaired) electrons. The van der Waals surface area contributed by atoms with Crippen molar-refractivity contribution in [2.45, 2.75) is 26.3 Å². The molecule has 0 saturated heterocycles. The Morgan fingerprint density at radius 1 is 1.70 bits per heavy atom. The summed E-state index contributed by atoms with van der Waals surface area (Å²) in [4.78, 5) is 0. The minimum absolute atomic E-state index is 0.0914. The van der Waals surface area contributed by atoms with E-state index in [1.807, 2.05) is 13.0 Å². The van der Waals surface area contributed by atoms with Crippen molar-refractivity contribution < 1.29 is 4.42 Å². The van der Waals surface area contributed by atoms with Crippen LogP contribution in [0.5, 0.6) is 0 Å². The number of furan rings is 1. The Balaban J connectivity index is 2.90. The monoisotopic (exact) mass is 139 g/mol. The molecule has 0 aliphatic heterocycles. The Morgan fingerprint density at radius 3 is 2.80 bits per heavy atom. The lowest BCUT2D eigenvalue weighted by Crippen LogP contribution is -2.05. The van der Waals surface area contributed by atoms with E-state index in [-0.39, 0.29) is 6.04 Å². The van der Waals surface area contributed by atoms with Crippen molar-refractivity contribution in [1.82, 2.24) is 0 Å². The Bertz CT molecular complexity index is 203. The third-order valence-corrected chi connectivity index (χ3v) is 1.59. The average Bonchev–Trinajstić information content (AvgIpc) is 2.33. The molecule has 2 nitrogen and oxygen atoms in total. The molecule has 0 saturated carbocycles. The molecule has 1 aromatic heterocycles. The molecule has 0 aliphatic carbocycles. The summed E-state index contributed by atoms with van der Waals surface area (Å²) in [5.41, 5.74) is 6.80. The van der Waals surface area contributed by atoms with Gasteiger partial charge in [-0.3, -0.25) is 0 Å². The van der Waals surface area contributed by atoms with Crippen LogP contribution < -0.4 is 5.73 Å². The van der Waals surface area contributed by atoms with Gasteiger partial charge in [-0.2, -0.15) is 0 Å². The molecule has 1 rings (SSSR count). The molecular weight excluding hydrogens is 126 g/mol. The van der Waals surface area contributed by atoms with E-state index in [9.17, 15) is 0 Å². The van der Waals surface area contributed by atoms with Gasteiger partial charge in [-0.1, -0.05) is 6.92 Å². The molecule has 0 bridgehead atoms. The van der Waals surface area contributed by atoms with Crippen molar-refractivity contribution in [2.24, 2.45) is 5.73 Å². The van der Waals surface area contributed by atoms with Gasteiger partial charge in [-0.05, 0) is 13.0 Å². The SMILES string of the molecule is CCc1occc1C(C)N. The molecule has 56 valence electrons. The highest BCUT2D eigenvalue weighted by Gasteiger charge is 2.06. The predicted molar refractivity (Wildman–Crippen MR) is 40.7 cm³/mol. The summed E-state index contributed by atoms with van der Waals surface area (Å²) in [6.07, 6.45) is 2.61. The summed E-state index contributed by atoms with van der Waals surface area (Å²) in [5.74, 6) is 1.01. The van der Waals surface area contributed by atoms with Crippen LogP contribution >= 0.6 is 0 Å². The van der Waals surface area contributed by atoms with E-state index in [1.165, 1.54) is 0 Å². The van der Waals surface area contributed by atoms with Crippen molar-refractivity contribution in [1.29, 1.82) is 0 Å². The Hall–Kier alpha value is -0.760.